The van der Waals surface area contributed by atoms with Gasteiger partial charge in [-0.2, -0.15) is 0 Å². The van der Waals surface area contributed by atoms with E-state index < -0.39 is 5.97 Å². The van der Waals surface area contributed by atoms with Crippen molar-refractivity contribution in [1.82, 2.24) is 4.98 Å². The first-order valence-electron chi connectivity index (χ1n) is 5.70. The number of carboxylic acids is 1. The summed E-state index contributed by atoms with van der Waals surface area (Å²) in [4.78, 5) is 16.4. The topological polar surface area (TPSA) is 50.2 Å². The lowest BCUT2D eigenvalue weighted by atomic mass is 10.2. The molecule has 1 N–H and O–H groups in total. The molecule has 3 nitrogen and oxygen atoms in total. The van der Waals surface area contributed by atoms with Gasteiger partial charge in [-0.25, -0.2) is 9.78 Å². The molecule has 3 rings (SSSR count). The molecule has 6 heteroatoms. The van der Waals surface area contributed by atoms with E-state index in [-0.39, 0.29) is 10.6 Å². The van der Waals surface area contributed by atoms with Gasteiger partial charge in [0.05, 0.1) is 20.8 Å². The summed E-state index contributed by atoms with van der Waals surface area (Å²) in [5, 5.41) is 9.49. The number of aromatic carboxylic acids is 1. The highest BCUT2D eigenvalue weighted by atomic mass is 35.5. The van der Waals surface area contributed by atoms with E-state index in [1.54, 1.807) is 18.2 Å². The second kappa shape index (κ2) is 5.44. The molecule has 0 unspecified atom stereocenters. The Hall–Kier alpha value is -1.56. The molecule has 1 heterocycles. The molecule has 0 atom stereocenters. The van der Waals surface area contributed by atoms with Crippen LogP contribution in [-0.4, -0.2) is 16.1 Å². The van der Waals surface area contributed by atoms with E-state index in [1.807, 2.05) is 24.3 Å². The van der Waals surface area contributed by atoms with Crippen LogP contribution in [0.5, 0.6) is 0 Å². The Balaban J connectivity index is 2.02. The molecular formula is C14H8ClNO2S2. The maximum Gasteiger partial charge on any atom is 0.338 e. The van der Waals surface area contributed by atoms with Crippen molar-refractivity contribution in [1.29, 1.82) is 0 Å². The van der Waals surface area contributed by atoms with Gasteiger partial charge in [0, 0.05) is 4.90 Å². The number of halogens is 1. The number of nitrogens with zero attached hydrogens (tertiary/aromatic N) is 1. The summed E-state index contributed by atoms with van der Waals surface area (Å²) in [6.45, 7) is 0. The molecule has 0 aliphatic rings. The maximum atomic E-state index is 11.3. The van der Waals surface area contributed by atoms with Gasteiger partial charge in [0.2, 0.25) is 0 Å². The highest BCUT2D eigenvalue weighted by molar-refractivity contribution is 8.01. The number of hydrogen-bond donors (Lipinski definition) is 1. The molecule has 0 bridgehead atoms. The Morgan fingerprint density at radius 2 is 2.00 bits per heavy atom. The van der Waals surface area contributed by atoms with Gasteiger partial charge < -0.3 is 5.11 Å². The zero-order valence-electron chi connectivity index (χ0n) is 10.0. The largest absolute Gasteiger partial charge is 0.478 e. The van der Waals surface area contributed by atoms with Crippen LogP contribution in [0.3, 0.4) is 0 Å². The van der Waals surface area contributed by atoms with E-state index in [0.717, 1.165) is 14.6 Å². The predicted molar refractivity (Wildman–Crippen MR) is 82.2 cm³/mol. The Labute approximate surface area is 128 Å². The van der Waals surface area contributed by atoms with Crippen LogP contribution < -0.4 is 0 Å². The third kappa shape index (κ3) is 2.52. The average Bonchev–Trinajstić information content (AvgIpc) is 2.80. The van der Waals surface area contributed by atoms with Gasteiger partial charge in [-0.3, -0.25) is 0 Å². The molecule has 100 valence electrons. The number of aromatic nitrogens is 1. The van der Waals surface area contributed by atoms with Crippen molar-refractivity contribution >= 4 is 50.9 Å². The lowest BCUT2D eigenvalue weighted by Gasteiger charge is -2.04. The number of para-hydroxylation sites is 1. The van der Waals surface area contributed by atoms with Crippen molar-refractivity contribution in [3.05, 3.63) is 53.1 Å². The number of benzene rings is 2. The van der Waals surface area contributed by atoms with Gasteiger partial charge in [-0.05, 0) is 24.3 Å². The van der Waals surface area contributed by atoms with E-state index in [0.29, 0.717) is 4.90 Å². The van der Waals surface area contributed by atoms with Gasteiger partial charge in [0.25, 0.3) is 0 Å². The fraction of sp³-hybridized carbons (Fsp3) is 0. The number of carbonyl (C=O) groups is 1. The van der Waals surface area contributed by atoms with Crippen molar-refractivity contribution in [3.8, 4) is 0 Å². The molecule has 0 aliphatic carbocycles. The molecule has 0 radical (unpaired) electrons. The first-order chi connectivity index (χ1) is 9.65. The van der Waals surface area contributed by atoms with E-state index >= 15 is 0 Å². The smallest absolute Gasteiger partial charge is 0.338 e. The fourth-order valence-electron chi connectivity index (χ4n) is 1.79. The number of fused-ring (bicyclic) bond motifs is 1. The van der Waals surface area contributed by atoms with Gasteiger partial charge in [0.1, 0.15) is 0 Å². The third-order valence-electron chi connectivity index (χ3n) is 2.66. The third-order valence-corrected chi connectivity index (χ3v) is 5.13. The van der Waals surface area contributed by atoms with Crippen molar-refractivity contribution in [2.45, 2.75) is 9.24 Å². The maximum absolute atomic E-state index is 11.3. The quantitative estimate of drug-likeness (QED) is 0.753. The van der Waals surface area contributed by atoms with Gasteiger partial charge in [-0.1, -0.05) is 41.6 Å². The molecule has 1 aromatic heterocycles. The molecule has 2 aromatic carbocycles. The van der Waals surface area contributed by atoms with Gasteiger partial charge in [-0.15, -0.1) is 11.3 Å². The molecule has 20 heavy (non-hydrogen) atoms. The minimum atomic E-state index is -1.03. The second-order valence-electron chi connectivity index (χ2n) is 3.97. The molecule has 0 aliphatic heterocycles. The van der Waals surface area contributed by atoms with Gasteiger partial charge >= 0.3 is 5.97 Å². The molecule has 0 amide bonds. The van der Waals surface area contributed by atoms with E-state index in [1.165, 1.54) is 23.1 Å². The molecular weight excluding hydrogens is 314 g/mol. The monoisotopic (exact) mass is 321 g/mol. The van der Waals surface area contributed by atoms with Crippen LogP contribution >= 0.6 is 34.7 Å². The summed E-state index contributed by atoms with van der Waals surface area (Å²) >= 11 is 8.82. The first-order valence-corrected chi connectivity index (χ1v) is 7.71. The molecule has 3 aromatic rings. The highest BCUT2D eigenvalue weighted by Crippen LogP contribution is 2.37. The van der Waals surface area contributed by atoms with Crippen molar-refractivity contribution in [3.63, 3.8) is 0 Å². The number of thiazole rings is 1. The summed E-state index contributed by atoms with van der Waals surface area (Å²) in [7, 11) is 0. The van der Waals surface area contributed by atoms with Crippen LogP contribution in [0, 0.1) is 0 Å². The SMILES string of the molecule is O=C(O)c1c(Cl)cccc1Sc1nc2ccccc2s1. The van der Waals surface area contributed by atoms with Crippen LogP contribution in [0.15, 0.2) is 51.7 Å². The zero-order chi connectivity index (χ0) is 14.1. The van der Waals surface area contributed by atoms with Gasteiger partial charge in [0.15, 0.2) is 4.34 Å². The number of carboxylic acid groups (broad SMARTS) is 1. The lowest BCUT2D eigenvalue weighted by molar-refractivity contribution is 0.0693. The molecule has 0 fully saturated rings. The highest BCUT2D eigenvalue weighted by Gasteiger charge is 2.16. The summed E-state index contributed by atoms with van der Waals surface area (Å²) in [6, 6.07) is 12.9. The number of hydrogen-bond acceptors (Lipinski definition) is 4. The number of rotatable bonds is 3. The lowest BCUT2D eigenvalue weighted by Crippen LogP contribution is -1.99. The Morgan fingerprint density at radius 3 is 2.75 bits per heavy atom. The Kier molecular flexibility index (Phi) is 3.65. The van der Waals surface area contributed by atoms with E-state index in [4.69, 9.17) is 11.6 Å². The van der Waals surface area contributed by atoms with Crippen LogP contribution in [-0.2, 0) is 0 Å². The second-order valence-corrected chi connectivity index (χ2v) is 6.69. The fourth-order valence-corrected chi connectivity index (χ4v) is 4.28. The Morgan fingerprint density at radius 1 is 1.20 bits per heavy atom. The average molecular weight is 322 g/mol. The minimum Gasteiger partial charge on any atom is -0.478 e. The summed E-state index contributed by atoms with van der Waals surface area (Å²) in [6.07, 6.45) is 0. The molecule has 0 saturated carbocycles. The summed E-state index contributed by atoms with van der Waals surface area (Å²) in [5.41, 5.74) is 1.04. The van der Waals surface area contributed by atoms with Crippen LogP contribution in [0.1, 0.15) is 10.4 Å². The molecule has 0 spiro atoms. The predicted octanol–water partition coefficient (Wildman–Crippen LogP) is 4.80. The van der Waals surface area contributed by atoms with Crippen LogP contribution in [0.25, 0.3) is 10.2 Å². The first kappa shape index (κ1) is 13.4. The minimum absolute atomic E-state index is 0.124. The normalized spacial score (nSPS) is 10.8. The Bertz CT molecular complexity index is 768. The summed E-state index contributed by atoms with van der Waals surface area (Å²) < 4.78 is 1.88. The van der Waals surface area contributed by atoms with Crippen molar-refractivity contribution < 1.29 is 9.90 Å². The van der Waals surface area contributed by atoms with Crippen LogP contribution in [0.2, 0.25) is 5.02 Å². The van der Waals surface area contributed by atoms with Crippen molar-refractivity contribution in [2.75, 3.05) is 0 Å². The van der Waals surface area contributed by atoms with Crippen LogP contribution in [0.4, 0.5) is 0 Å². The van der Waals surface area contributed by atoms with E-state index in [9.17, 15) is 9.90 Å². The summed E-state index contributed by atoms with van der Waals surface area (Å²) in [5.74, 6) is -1.03. The zero-order valence-corrected chi connectivity index (χ0v) is 12.4. The molecule has 0 saturated heterocycles. The van der Waals surface area contributed by atoms with E-state index in [2.05, 4.69) is 4.98 Å². The van der Waals surface area contributed by atoms with Crippen molar-refractivity contribution in [2.24, 2.45) is 0 Å². The standard InChI is InChI=1S/C14H8ClNO2S2/c15-8-4-3-7-11(12(8)13(17)18)20-14-16-9-5-1-2-6-10(9)19-14/h1-7H,(H,17,18).